The molecule has 1 heterocycles. The summed E-state index contributed by atoms with van der Waals surface area (Å²) in [5.41, 5.74) is 3.58. The van der Waals surface area contributed by atoms with E-state index in [2.05, 4.69) is 60.0 Å². The summed E-state index contributed by atoms with van der Waals surface area (Å²) in [6.45, 7) is 5.32. The molecule has 2 fully saturated rings. The molecule has 0 radical (unpaired) electrons. The molecule has 1 aliphatic heterocycles. The fraction of sp³-hybridized carbons (Fsp3) is 0.417. The normalized spacial score (nSPS) is 20.6. The number of amides is 1. The summed E-state index contributed by atoms with van der Waals surface area (Å²) in [5.74, 6) is 2.44. The van der Waals surface area contributed by atoms with E-state index in [9.17, 15) is 4.79 Å². The van der Waals surface area contributed by atoms with Gasteiger partial charge in [-0.2, -0.15) is 0 Å². The number of benzene rings is 2. The Morgan fingerprint density at radius 3 is 2.53 bits per heavy atom. The van der Waals surface area contributed by atoms with Crippen LogP contribution in [0.15, 0.2) is 59.6 Å². The van der Waals surface area contributed by atoms with Gasteiger partial charge in [0.2, 0.25) is 5.91 Å². The van der Waals surface area contributed by atoms with Crippen molar-refractivity contribution in [1.82, 2.24) is 10.6 Å². The predicted octanol–water partition coefficient (Wildman–Crippen LogP) is 4.29. The van der Waals surface area contributed by atoms with Crippen molar-refractivity contribution >= 4 is 41.5 Å². The van der Waals surface area contributed by atoms with Crippen molar-refractivity contribution in [3.05, 3.63) is 65.7 Å². The number of halogens is 1. The second-order valence-corrected chi connectivity index (χ2v) is 7.90. The van der Waals surface area contributed by atoms with Crippen LogP contribution in [0, 0.1) is 5.92 Å². The number of aliphatic imine (C=N–C) groups is 1. The van der Waals surface area contributed by atoms with Crippen LogP contribution in [-0.2, 0) is 11.3 Å². The van der Waals surface area contributed by atoms with Gasteiger partial charge in [0.15, 0.2) is 5.96 Å². The number of hydrogen-bond acceptors (Lipinski definition) is 2. The van der Waals surface area contributed by atoms with Crippen LogP contribution in [-0.4, -0.2) is 31.5 Å². The molecule has 1 aliphatic carbocycles. The Morgan fingerprint density at radius 1 is 1.10 bits per heavy atom. The van der Waals surface area contributed by atoms with Gasteiger partial charge in [-0.25, -0.2) is 4.99 Å². The molecular formula is C24H31IN4O. The van der Waals surface area contributed by atoms with Crippen molar-refractivity contribution in [2.75, 3.05) is 24.5 Å². The molecule has 2 N–H and O–H groups in total. The molecule has 0 aromatic heterocycles. The Hall–Kier alpha value is -2.09. The summed E-state index contributed by atoms with van der Waals surface area (Å²) in [5, 5.41) is 6.84. The molecule has 30 heavy (non-hydrogen) atoms. The van der Waals surface area contributed by atoms with E-state index in [0.717, 1.165) is 43.3 Å². The molecule has 5 nitrogen and oxygen atoms in total. The van der Waals surface area contributed by atoms with Crippen LogP contribution in [0.2, 0.25) is 0 Å². The van der Waals surface area contributed by atoms with Crippen LogP contribution in [0.5, 0.6) is 0 Å². The number of carbonyl (C=O) groups is 1. The van der Waals surface area contributed by atoms with Gasteiger partial charge in [-0.15, -0.1) is 24.0 Å². The Balaban J connectivity index is 0.00000256. The second-order valence-electron chi connectivity index (χ2n) is 7.90. The van der Waals surface area contributed by atoms with Crippen molar-refractivity contribution in [1.29, 1.82) is 0 Å². The fourth-order valence-electron chi connectivity index (χ4n) is 4.02. The van der Waals surface area contributed by atoms with Gasteiger partial charge in [-0.3, -0.25) is 4.79 Å². The van der Waals surface area contributed by atoms with Crippen molar-refractivity contribution in [3.8, 4) is 0 Å². The van der Waals surface area contributed by atoms with E-state index in [1.807, 2.05) is 17.0 Å². The highest BCUT2D eigenvalue weighted by Gasteiger charge is 2.37. The van der Waals surface area contributed by atoms with Crippen LogP contribution < -0.4 is 15.5 Å². The third-order valence-electron chi connectivity index (χ3n) is 5.77. The zero-order valence-corrected chi connectivity index (χ0v) is 19.8. The Kier molecular flexibility index (Phi) is 8.13. The van der Waals surface area contributed by atoms with Gasteiger partial charge in [0.05, 0.1) is 6.54 Å². The molecule has 1 saturated heterocycles. The van der Waals surface area contributed by atoms with Crippen LogP contribution >= 0.6 is 24.0 Å². The lowest BCUT2D eigenvalue weighted by atomic mass is 10.1. The van der Waals surface area contributed by atoms with Crippen LogP contribution in [0.4, 0.5) is 5.69 Å². The zero-order valence-electron chi connectivity index (χ0n) is 17.5. The summed E-state index contributed by atoms with van der Waals surface area (Å²) in [6, 6.07) is 19.0. The SMILES string of the molecule is CCNC(=NCc1ccc(N2CCCC2=O)cc1)NCC1CC1c1ccccc1.I. The van der Waals surface area contributed by atoms with Crippen LogP contribution in [0.25, 0.3) is 0 Å². The largest absolute Gasteiger partial charge is 0.357 e. The number of hydrogen-bond donors (Lipinski definition) is 2. The summed E-state index contributed by atoms with van der Waals surface area (Å²) in [4.78, 5) is 18.5. The average Bonchev–Trinajstić information content (AvgIpc) is 3.42. The highest BCUT2D eigenvalue weighted by molar-refractivity contribution is 14.0. The first-order chi connectivity index (χ1) is 14.2. The molecule has 6 heteroatoms. The molecule has 1 amide bonds. The molecule has 2 aliphatic rings. The van der Waals surface area contributed by atoms with Crippen molar-refractivity contribution in [3.63, 3.8) is 0 Å². The number of anilines is 1. The molecule has 2 atom stereocenters. The predicted molar refractivity (Wildman–Crippen MR) is 134 cm³/mol. The van der Waals surface area contributed by atoms with Gasteiger partial charge >= 0.3 is 0 Å². The maximum absolute atomic E-state index is 11.9. The van der Waals surface area contributed by atoms with E-state index in [-0.39, 0.29) is 29.9 Å². The smallest absolute Gasteiger partial charge is 0.227 e. The molecule has 2 unspecified atom stereocenters. The lowest BCUT2D eigenvalue weighted by molar-refractivity contribution is -0.117. The zero-order chi connectivity index (χ0) is 20.1. The van der Waals surface area contributed by atoms with E-state index >= 15 is 0 Å². The number of nitrogens with one attached hydrogen (secondary N) is 2. The minimum atomic E-state index is 0. The summed E-state index contributed by atoms with van der Waals surface area (Å²) in [7, 11) is 0. The third kappa shape index (κ3) is 5.74. The standard InChI is InChI=1S/C24H30N4O.HI/c1-2-25-24(27-17-20-15-22(20)19-7-4-3-5-8-19)26-16-18-10-12-21(13-11-18)28-14-6-9-23(28)29;/h3-5,7-8,10-13,20,22H,2,6,9,14-17H2,1H3,(H2,25,26,27);1H. The Morgan fingerprint density at radius 2 is 1.87 bits per heavy atom. The maximum atomic E-state index is 11.9. The van der Waals surface area contributed by atoms with Gasteiger partial charge in [-0.05, 0) is 54.9 Å². The summed E-state index contributed by atoms with van der Waals surface area (Å²) < 4.78 is 0. The molecule has 2 aromatic carbocycles. The lowest BCUT2D eigenvalue weighted by Gasteiger charge is -2.16. The summed E-state index contributed by atoms with van der Waals surface area (Å²) in [6.07, 6.45) is 2.86. The van der Waals surface area contributed by atoms with Gasteiger partial charge in [0.25, 0.3) is 0 Å². The van der Waals surface area contributed by atoms with Gasteiger partial charge in [0, 0.05) is 31.7 Å². The molecule has 2 aromatic rings. The van der Waals surface area contributed by atoms with Crippen LogP contribution in [0.1, 0.15) is 43.2 Å². The minimum Gasteiger partial charge on any atom is -0.357 e. The first-order valence-electron chi connectivity index (χ1n) is 10.7. The second kappa shape index (κ2) is 10.8. The van der Waals surface area contributed by atoms with E-state index < -0.39 is 0 Å². The fourth-order valence-corrected chi connectivity index (χ4v) is 4.02. The third-order valence-corrected chi connectivity index (χ3v) is 5.77. The van der Waals surface area contributed by atoms with E-state index in [1.165, 1.54) is 12.0 Å². The molecule has 160 valence electrons. The van der Waals surface area contributed by atoms with E-state index in [1.54, 1.807) is 0 Å². The maximum Gasteiger partial charge on any atom is 0.227 e. The minimum absolute atomic E-state index is 0. The highest BCUT2D eigenvalue weighted by Crippen LogP contribution is 2.46. The monoisotopic (exact) mass is 518 g/mol. The van der Waals surface area contributed by atoms with Gasteiger partial charge in [0.1, 0.15) is 0 Å². The first-order valence-corrected chi connectivity index (χ1v) is 10.7. The van der Waals surface area contributed by atoms with E-state index in [4.69, 9.17) is 4.99 Å². The highest BCUT2D eigenvalue weighted by atomic mass is 127. The molecule has 0 bridgehead atoms. The number of carbonyl (C=O) groups excluding carboxylic acids is 1. The Labute approximate surface area is 196 Å². The van der Waals surface area contributed by atoms with E-state index in [0.29, 0.717) is 24.8 Å². The Bertz CT molecular complexity index is 853. The van der Waals surface area contributed by atoms with Gasteiger partial charge < -0.3 is 15.5 Å². The molecule has 0 spiro atoms. The number of guanidine groups is 1. The quantitative estimate of drug-likeness (QED) is 0.327. The van der Waals surface area contributed by atoms with Crippen molar-refractivity contribution in [2.24, 2.45) is 10.9 Å². The van der Waals surface area contributed by atoms with Gasteiger partial charge in [-0.1, -0.05) is 42.5 Å². The summed E-state index contributed by atoms with van der Waals surface area (Å²) >= 11 is 0. The molecule has 1 saturated carbocycles. The topological polar surface area (TPSA) is 56.7 Å². The number of rotatable bonds is 7. The lowest BCUT2D eigenvalue weighted by Crippen LogP contribution is -2.38. The van der Waals surface area contributed by atoms with Crippen molar-refractivity contribution in [2.45, 2.75) is 38.6 Å². The first kappa shape index (κ1) is 22.6. The van der Waals surface area contributed by atoms with Crippen molar-refractivity contribution < 1.29 is 4.79 Å². The number of nitrogens with zero attached hydrogens (tertiary/aromatic N) is 2. The average molecular weight is 518 g/mol. The van der Waals surface area contributed by atoms with Crippen LogP contribution in [0.3, 0.4) is 0 Å². The molecular weight excluding hydrogens is 487 g/mol. The molecule has 4 rings (SSSR count).